The molecule has 1 saturated carbocycles. The number of methoxy groups -OCH3 is 1. The molecule has 1 aliphatic carbocycles. The predicted molar refractivity (Wildman–Crippen MR) is 141 cm³/mol. The summed E-state index contributed by atoms with van der Waals surface area (Å²) in [6.07, 6.45) is 6.67. The molecular formula is C27H37N3O5S. The average molecular weight is 516 g/mol. The van der Waals surface area contributed by atoms with Gasteiger partial charge >= 0.3 is 0 Å². The average Bonchev–Trinajstić information content (AvgIpc) is 2.87. The lowest BCUT2D eigenvalue weighted by molar-refractivity contribution is -0.140. The SMILES string of the molecule is CC[C@@H](C(=O)NC1CCCCC1)N(Cc1ccccc1)C(=O)CN(c1ccccc1OC)S(C)(=O)=O. The number of nitrogens with one attached hydrogen (secondary N) is 1. The number of amides is 2. The zero-order chi connectivity index (χ0) is 26.1. The number of benzene rings is 2. The third-order valence-electron chi connectivity index (χ3n) is 6.57. The smallest absolute Gasteiger partial charge is 0.244 e. The van der Waals surface area contributed by atoms with E-state index in [0.29, 0.717) is 12.2 Å². The number of para-hydroxylation sites is 2. The van der Waals surface area contributed by atoms with Gasteiger partial charge in [-0.2, -0.15) is 0 Å². The summed E-state index contributed by atoms with van der Waals surface area (Å²) < 4.78 is 31.9. The summed E-state index contributed by atoms with van der Waals surface area (Å²) in [6.45, 7) is 1.62. The maximum absolute atomic E-state index is 13.8. The van der Waals surface area contributed by atoms with E-state index in [1.54, 1.807) is 24.3 Å². The monoisotopic (exact) mass is 515 g/mol. The highest BCUT2D eigenvalue weighted by atomic mass is 32.2. The number of hydrogen-bond acceptors (Lipinski definition) is 5. The highest BCUT2D eigenvalue weighted by molar-refractivity contribution is 7.92. The summed E-state index contributed by atoms with van der Waals surface area (Å²) in [5.41, 5.74) is 1.13. The maximum atomic E-state index is 13.8. The first-order valence-corrected chi connectivity index (χ1v) is 14.3. The Bertz CT molecular complexity index is 1120. The van der Waals surface area contributed by atoms with Gasteiger partial charge in [-0.3, -0.25) is 13.9 Å². The number of carbonyl (C=O) groups is 2. The third kappa shape index (κ3) is 7.22. The van der Waals surface area contributed by atoms with E-state index in [4.69, 9.17) is 4.74 Å². The van der Waals surface area contributed by atoms with Gasteiger partial charge in [0.1, 0.15) is 18.3 Å². The molecule has 2 aromatic carbocycles. The van der Waals surface area contributed by atoms with Crippen LogP contribution in [0, 0.1) is 0 Å². The molecule has 0 unspecified atom stereocenters. The van der Waals surface area contributed by atoms with Crippen molar-refractivity contribution in [2.75, 3.05) is 24.2 Å². The number of sulfonamides is 1. The normalized spacial score (nSPS) is 15.1. The van der Waals surface area contributed by atoms with Crippen LogP contribution in [0.3, 0.4) is 0 Å². The third-order valence-corrected chi connectivity index (χ3v) is 7.69. The molecule has 3 rings (SSSR count). The lowest BCUT2D eigenvalue weighted by Gasteiger charge is -2.34. The summed E-state index contributed by atoms with van der Waals surface area (Å²) in [6, 6.07) is 15.5. The molecule has 0 radical (unpaired) electrons. The molecule has 1 N–H and O–H groups in total. The molecule has 1 aliphatic rings. The highest BCUT2D eigenvalue weighted by Gasteiger charge is 2.33. The Morgan fingerprint density at radius 3 is 2.28 bits per heavy atom. The van der Waals surface area contributed by atoms with E-state index in [9.17, 15) is 18.0 Å². The summed E-state index contributed by atoms with van der Waals surface area (Å²) in [4.78, 5) is 28.6. The second-order valence-corrected chi connectivity index (χ2v) is 11.1. The topological polar surface area (TPSA) is 96.0 Å². The second kappa shape index (κ2) is 12.8. The molecule has 2 aromatic rings. The summed E-state index contributed by atoms with van der Waals surface area (Å²) in [5.74, 6) is -0.315. The molecule has 1 fully saturated rings. The van der Waals surface area contributed by atoms with Gasteiger partial charge < -0.3 is 15.0 Å². The zero-order valence-corrected chi connectivity index (χ0v) is 22.2. The molecule has 0 saturated heterocycles. The molecule has 0 aliphatic heterocycles. The van der Waals surface area contributed by atoms with Gasteiger partial charge in [0.05, 0.1) is 19.1 Å². The molecule has 36 heavy (non-hydrogen) atoms. The molecule has 2 amide bonds. The van der Waals surface area contributed by atoms with Gasteiger partial charge in [0, 0.05) is 12.6 Å². The van der Waals surface area contributed by atoms with Gasteiger partial charge in [0.15, 0.2) is 0 Å². The molecule has 0 aromatic heterocycles. The van der Waals surface area contributed by atoms with Gasteiger partial charge in [-0.1, -0.05) is 68.7 Å². The Hall–Kier alpha value is -3.07. The number of ether oxygens (including phenoxy) is 1. The number of rotatable bonds is 11. The van der Waals surface area contributed by atoms with E-state index in [1.165, 1.54) is 18.4 Å². The predicted octanol–water partition coefficient (Wildman–Crippen LogP) is 3.72. The van der Waals surface area contributed by atoms with E-state index >= 15 is 0 Å². The van der Waals surface area contributed by atoms with Crippen molar-refractivity contribution in [2.24, 2.45) is 0 Å². The summed E-state index contributed by atoms with van der Waals surface area (Å²) in [7, 11) is -2.37. The van der Waals surface area contributed by atoms with Crippen molar-refractivity contribution in [2.45, 2.75) is 64.1 Å². The van der Waals surface area contributed by atoms with Gasteiger partial charge in [-0.25, -0.2) is 8.42 Å². The molecule has 1 atom stereocenters. The molecule has 9 heteroatoms. The van der Waals surface area contributed by atoms with Gasteiger partial charge in [-0.05, 0) is 37.0 Å². The number of hydrogen-bond donors (Lipinski definition) is 1. The number of nitrogens with zero attached hydrogens (tertiary/aromatic N) is 2. The largest absolute Gasteiger partial charge is 0.495 e. The van der Waals surface area contributed by atoms with Crippen molar-refractivity contribution in [1.82, 2.24) is 10.2 Å². The van der Waals surface area contributed by atoms with E-state index in [0.717, 1.165) is 41.8 Å². The van der Waals surface area contributed by atoms with Crippen molar-refractivity contribution < 1.29 is 22.7 Å². The van der Waals surface area contributed by atoms with Crippen molar-refractivity contribution in [3.63, 3.8) is 0 Å². The van der Waals surface area contributed by atoms with Crippen LogP contribution in [-0.2, 0) is 26.2 Å². The van der Waals surface area contributed by atoms with Gasteiger partial charge in [-0.15, -0.1) is 0 Å². The van der Waals surface area contributed by atoms with Crippen LogP contribution >= 0.6 is 0 Å². The summed E-state index contributed by atoms with van der Waals surface area (Å²) in [5, 5.41) is 3.14. The van der Waals surface area contributed by atoms with Gasteiger partial charge in [0.25, 0.3) is 0 Å². The fourth-order valence-corrected chi connectivity index (χ4v) is 5.53. The van der Waals surface area contributed by atoms with Crippen LogP contribution in [0.2, 0.25) is 0 Å². The first kappa shape index (κ1) is 27.5. The second-order valence-electron chi connectivity index (χ2n) is 9.22. The highest BCUT2D eigenvalue weighted by Crippen LogP contribution is 2.30. The van der Waals surface area contributed by atoms with Crippen LogP contribution in [0.5, 0.6) is 5.75 Å². The lowest BCUT2D eigenvalue weighted by atomic mass is 9.95. The van der Waals surface area contributed by atoms with Crippen LogP contribution in [0.25, 0.3) is 0 Å². The molecule has 196 valence electrons. The molecule has 0 bridgehead atoms. The molecule has 8 nitrogen and oxygen atoms in total. The molecular weight excluding hydrogens is 478 g/mol. The Morgan fingerprint density at radius 1 is 1.03 bits per heavy atom. The van der Waals surface area contributed by atoms with Crippen molar-refractivity contribution in [3.05, 3.63) is 60.2 Å². The van der Waals surface area contributed by atoms with Crippen LogP contribution in [-0.4, -0.2) is 57.1 Å². The zero-order valence-electron chi connectivity index (χ0n) is 21.4. The van der Waals surface area contributed by atoms with Gasteiger partial charge in [0.2, 0.25) is 21.8 Å². The van der Waals surface area contributed by atoms with Crippen LogP contribution in [0.1, 0.15) is 51.0 Å². The Morgan fingerprint density at radius 2 is 1.67 bits per heavy atom. The van der Waals surface area contributed by atoms with Crippen LogP contribution in [0.4, 0.5) is 5.69 Å². The quantitative estimate of drug-likeness (QED) is 0.492. The molecule has 0 spiro atoms. The number of anilines is 1. The van der Waals surface area contributed by atoms with Crippen molar-refractivity contribution >= 4 is 27.5 Å². The standard InChI is InChI=1S/C27H37N3O5S/c1-4-23(27(32)28-22-15-9-6-10-16-22)29(19-21-13-7-5-8-14-21)26(31)20-30(36(3,33)34)24-17-11-12-18-25(24)35-2/h5,7-8,11-14,17-18,22-23H,4,6,9-10,15-16,19-20H2,1-3H3,(H,28,32)/t23-/m0/s1. The van der Waals surface area contributed by atoms with Crippen LogP contribution < -0.4 is 14.4 Å². The minimum Gasteiger partial charge on any atom is -0.495 e. The van der Waals surface area contributed by atoms with Crippen molar-refractivity contribution in [3.8, 4) is 5.75 Å². The van der Waals surface area contributed by atoms with Crippen LogP contribution in [0.15, 0.2) is 54.6 Å². The fraction of sp³-hybridized carbons (Fsp3) is 0.481. The Labute approximate surface area is 214 Å². The fourth-order valence-electron chi connectivity index (χ4n) is 4.67. The van der Waals surface area contributed by atoms with E-state index in [-0.39, 0.29) is 24.2 Å². The lowest BCUT2D eigenvalue weighted by Crippen LogP contribution is -2.54. The van der Waals surface area contributed by atoms with E-state index < -0.39 is 28.5 Å². The van der Waals surface area contributed by atoms with E-state index in [1.807, 2.05) is 37.3 Å². The van der Waals surface area contributed by atoms with Crippen molar-refractivity contribution in [1.29, 1.82) is 0 Å². The maximum Gasteiger partial charge on any atom is 0.244 e. The Kier molecular flexibility index (Phi) is 9.75. The number of carbonyl (C=O) groups excluding carboxylic acids is 2. The first-order valence-electron chi connectivity index (χ1n) is 12.5. The minimum absolute atomic E-state index is 0.107. The molecule has 0 heterocycles. The van der Waals surface area contributed by atoms with E-state index in [2.05, 4.69) is 5.32 Å². The Balaban J connectivity index is 1.91. The minimum atomic E-state index is -3.82. The first-order chi connectivity index (χ1) is 17.2. The summed E-state index contributed by atoms with van der Waals surface area (Å²) >= 11 is 0.